The van der Waals surface area contributed by atoms with Crippen molar-refractivity contribution >= 4 is 33.8 Å². The number of hydrogen-bond acceptors (Lipinski definition) is 7. The second kappa shape index (κ2) is 6.74. The van der Waals surface area contributed by atoms with Gasteiger partial charge in [-0.3, -0.25) is 0 Å². The van der Waals surface area contributed by atoms with Gasteiger partial charge >= 0.3 is 0 Å². The fraction of sp³-hybridized carbons (Fsp3) is 0.0526. The highest BCUT2D eigenvalue weighted by molar-refractivity contribution is 7.19. The Kier molecular flexibility index (Phi) is 4.07. The first-order valence-electron chi connectivity index (χ1n) is 8.36. The molecule has 0 saturated carbocycles. The Labute approximate surface area is 168 Å². The Morgan fingerprint density at radius 2 is 1.86 bits per heavy atom. The molecular weight excluding hydrogens is 394 g/mol. The van der Waals surface area contributed by atoms with Crippen LogP contribution in [-0.4, -0.2) is 34.5 Å². The Balaban J connectivity index is 1.72. The summed E-state index contributed by atoms with van der Waals surface area (Å²) in [5.41, 5.74) is 3.26. The van der Waals surface area contributed by atoms with Crippen molar-refractivity contribution in [1.82, 2.24) is 34.5 Å². The molecule has 0 aliphatic carbocycles. The van der Waals surface area contributed by atoms with E-state index in [0.29, 0.717) is 16.7 Å². The molecule has 0 aromatic carbocycles. The molecule has 5 aromatic heterocycles. The highest BCUT2D eigenvalue weighted by Crippen LogP contribution is 2.39. The molecule has 28 heavy (non-hydrogen) atoms. The van der Waals surface area contributed by atoms with E-state index in [9.17, 15) is 0 Å². The van der Waals surface area contributed by atoms with Gasteiger partial charge in [-0.05, 0) is 18.2 Å². The van der Waals surface area contributed by atoms with E-state index in [0.717, 1.165) is 32.0 Å². The van der Waals surface area contributed by atoms with E-state index in [2.05, 4.69) is 24.9 Å². The van der Waals surface area contributed by atoms with Crippen molar-refractivity contribution in [3.8, 4) is 32.7 Å². The topological polar surface area (TPSA) is 82.3 Å². The van der Waals surface area contributed by atoms with E-state index >= 15 is 0 Å². The first-order valence-corrected chi connectivity index (χ1v) is 9.55. The normalized spacial score (nSPS) is 11.2. The Morgan fingerprint density at radius 1 is 1.07 bits per heavy atom. The predicted octanol–water partition coefficient (Wildman–Crippen LogP) is 4.26. The molecule has 0 unspecified atom stereocenters. The Bertz CT molecular complexity index is 1280. The van der Waals surface area contributed by atoms with Crippen LogP contribution in [0.15, 0.2) is 55.5 Å². The van der Waals surface area contributed by atoms with Gasteiger partial charge in [0.25, 0.3) is 0 Å². The summed E-state index contributed by atoms with van der Waals surface area (Å²) in [6.07, 6.45) is 10.3. The molecule has 0 fully saturated rings. The molecule has 9 heteroatoms. The molecule has 0 spiro atoms. The smallest absolute Gasteiger partial charge is 0.178 e. The number of hydrogen-bond donors (Lipinski definition) is 0. The van der Waals surface area contributed by atoms with E-state index in [1.54, 1.807) is 30.9 Å². The molecule has 0 saturated heterocycles. The van der Waals surface area contributed by atoms with Crippen molar-refractivity contribution in [2.24, 2.45) is 7.05 Å². The molecule has 5 heterocycles. The van der Waals surface area contributed by atoms with Crippen LogP contribution >= 0.6 is 22.9 Å². The van der Waals surface area contributed by atoms with Crippen LogP contribution in [0.3, 0.4) is 0 Å². The number of halogens is 1. The second-order valence-corrected chi connectivity index (χ2v) is 7.41. The maximum absolute atomic E-state index is 6.47. The summed E-state index contributed by atoms with van der Waals surface area (Å²) in [6.45, 7) is 0. The van der Waals surface area contributed by atoms with Gasteiger partial charge in [-0.2, -0.15) is 0 Å². The third kappa shape index (κ3) is 2.83. The number of rotatable bonds is 3. The number of pyridine rings is 1. The summed E-state index contributed by atoms with van der Waals surface area (Å²) < 4.78 is 2.04. The van der Waals surface area contributed by atoms with E-state index in [1.807, 2.05) is 29.9 Å². The van der Waals surface area contributed by atoms with Crippen LogP contribution in [0.4, 0.5) is 0 Å². The van der Waals surface area contributed by atoms with Gasteiger partial charge in [-0.25, -0.2) is 29.9 Å². The minimum absolute atomic E-state index is 0.393. The molecule has 0 amide bonds. The molecule has 0 aliphatic rings. The lowest BCUT2D eigenvalue weighted by atomic mass is 10.2. The van der Waals surface area contributed by atoms with Crippen molar-refractivity contribution < 1.29 is 0 Å². The lowest BCUT2D eigenvalue weighted by Crippen LogP contribution is -1.95. The van der Waals surface area contributed by atoms with Crippen molar-refractivity contribution in [1.29, 1.82) is 0 Å². The summed E-state index contributed by atoms with van der Waals surface area (Å²) in [7, 11) is 1.99. The van der Waals surface area contributed by atoms with Gasteiger partial charge in [-0.15, -0.1) is 11.3 Å². The lowest BCUT2D eigenvalue weighted by Gasteiger charge is -2.06. The quantitative estimate of drug-likeness (QED) is 0.446. The summed E-state index contributed by atoms with van der Waals surface area (Å²) >= 11 is 7.92. The molecule has 5 aromatic rings. The molecule has 0 atom stereocenters. The van der Waals surface area contributed by atoms with Crippen LogP contribution in [-0.2, 0) is 7.05 Å². The molecule has 0 aliphatic heterocycles. The molecule has 136 valence electrons. The summed E-state index contributed by atoms with van der Waals surface area (Å²) in [5, 5.41) is 2.12. The van der Waals surface area contributed by atoms with Gasteiger partial charge in [0.15, 0.2) is 5.82 Å². The number of aromatic nitrogens is 7. The Morgan fingerprint density at radius 3 is 2.64 bits per heavy atom. The van der Waals surface area contributed by atoms with Crippen LogP contribution in [0.5, 0.6) is 0 Å². The third-order valence-corrected chi connectivity index (χ3v) is 5.80. The maximum Gasteiger partial charge on any atom is 0.178 e. The van der Waals surface area contributed by atoms with Gasteiger partial charge < -0.3 is 4.57 Å². The van der Waals surface area contributed by atoms with Gasteiger partial charge in [0, 0.05) is 49.0 Å². The van der Waals surface area contributed by atoms with Gasteiger partial charge in [0.2, 0.25) is 0 Å². The predicted molar refractivity (Wildman–Crippen MR) is 109 cm³/mol. The molecule has 0 bridgehead atoms. The van der Waals surface area contributed by atoms with Crippen LogP contribution in [0, 0.1) is 0 Å². The molecule has 7 nitrogen and oxygen atoms in total. The number of thiazole rings is 1. The molecule has 0 radical (unpaired) electrons. The molecular formula is C19H12ClN7S. The largest absolute Gasteiger partial charge is 0.350 e. The monoisotopic (exact) mass is 405 g/mol. The standard InChI is InChI=1S/C19H12ClN7S/c1-27-6-3-12-14(27)7-13(25-15(12)18-23-4-2-5-24-18)16-17(20)26-19(28-16)11-8-21-10-22-9-11/h2-10H,1H3. The van der Waals surface area contributed by atoms with Crippen LogP contribution < -0.4 is 0 Å². The van der Waals surface area contributed by atoms with Crippen molar-refractivity contribution in [2.45, 2.75) is 0 Å². The number of nitrogens with zero attached hydrogens (tertiary/aromatic N) is 7. The molecule has 5 rings (SSSR count). The minimum Gasteiger partial charge on any atom is -0.350 e. The van der Waals surface area contributed by atoms with Crippen molar-refractivity contribution in [3.63, 3.8) is 0 Å². The van der Waals surface area contributed by atoms with E-state index < -0.39 is 0 Å². The summed E-state index contributed by atoms with van der Waals surface area (Å²) in [6, 6.07) is 5.80. The van der Waals surface area contributed by atoms with E-state index in [1.165, 1.54) is 17.7 Å². The highest BCUT2D eigenvalue weighted by Gasteiger charge is 2.19. The van der Waals surface area contributed by atoms with Gasteiger partial charge in [0.05, 0.1) is 16.1 Å². The van der Waals surface area contributed by atoms with Gasteiger partial charge in [-0.1, -0.05) is 11.6 Å². The van der Waals surface area contributed by atoms with Gasteiger partial charge in [0.1, 0.15) is 22.2 Å². The highest BCUT2D eigenvalue weighted by atomic mass is 35.5. The summed E-state index contributed by atoms with van der Waals surface area (Å²) in [5.74, 6) is 0.567. The van der Waals surface area contributed by atoms with Crippen LogP contribution in [0.1, 0.15) is 0 Å². The third-order valence-electron chi connectivity index (χ3n) is 4.29. The van der Waals surface area contributed by atoms with Crippen LogP contribution in [0.25, 0.3) is 43.6 Å². The first kappa shape index (κ1) is 16.9. The zero-order valence-corrected chi connectivity index (χ0v) is 16.2. The van der Waals surface area contributed by atoms with E-state index in [4.69, 9.17) is 16.6 Å². The average molecular weight is 406 g/mol. The molecule has 0 N–H and O–H groups in total. The first-order chi connectivity index (χ1) is 13.7. The zero-order chi connectivity index (χ0) is 19.1. The zero-order valence-electron chi connectivity index (χ0n) is 14.6. The second-order valence-electron chi connectivity index (χ2n) is 6.05. The van der Waals surface area contributed by atoms with Crippen LogP contribution in [0.2, 0.25) is 5.15 Å². The Hall–Kier alpha value is -3.23. The average Bonchev–Trinajstić information content (AvgIpc) is 3.32. The fourth-order valence-electron chi connectivity index (χ4n) is 2.96. The van der Waals surface area contributed by atoms with E-state index in [-0.39, 0.29) is 0 Å². The fourth-order valence-corrected chi connectivity index (χ4v) is 4.20. The lowest BCUT2D eigenvalue weighted by molar-refractivity contribution is 0.968. The maximum atomic E-state index is 6.47. The number of fused-ring (bicyclic) bond motifs is 1. The van der Waals surface area contributed by atoms with Crippen molar-refractivity contribution in [3.05, 3.63) is 60.7 Å². The summed E-state index contributed by atoms with van der Waals surface area (Å²) in [4.78, 5) is 26.9. The SMILES string of the molecule is Cn1ccc2c(-c3ncccn3)nc(-c3sc(-c4cncnc4)nc3Cl)cc21. The minimum atomic E-state index is 0.393. The number of aryl methyl sites for hydroxylation is 1. The van der Waals surface area contributed by atoms with Crippen molar-refractivity contribution in [2.75, 3.05) is 0 Å².